The van der Waals surface area contributed by atoms with Gasteiger partial charge < -0.3 is 0 Å². The van der Waals surface area contributed by atoms with Gasteiger partial charge >= 0.3 is 0 Å². The minimum Gasteiger partial charge on any atom is -0.256 e. The highest BCUT2D eigenvalue weighted by Crippen LogP contribution is 2.42. The smallest absolute Gasteiger partial charge is 0.0702 e. The second-order valence-electron chi connectivity index (χ2n) is 8.00. The molecule has 1 saturated carbocycles. The molecule has 0 spiro atoms. The summed E-state index contributed by atoms with van der Waals surface area (Å²) in [6, 6.07) is 23.7. The Kier molecular flexibility index (Phi) is 4.88. The second-order valence-corrected chi connectivity index (χ2v) is 8.00. The predicted molar refractivity (Wildman–Crippen MR) is 110 cm³/mol. The summed E-state index contributed by atoms with van der Waals surface area (Å²) in [5.74, 6) is 2.30. The molecule has 2 aromatic carbocycles. The molecule has 0 bridgehead atoms. The van der Waals surface area contributed by atoms with Gasteiger partial charge in [0.1, 0.15) is 0 Å². The highest BCUT2D eigenvalue weighted by Gasteiger charge is 2.26. The number of pyridine rings is 1. The van der Waals surface area contributed by atoms with Gasteiger partial charge in [0.05, 0.1) is 5.69 Å². The summed E-state index contributed by atoms with van der Waals surface area (Å²) < 4.78 is 0. The van der Waals surface area contributed by atoms with Crippen molar-refractivity contribution < 1.29 is 0 Å². The topological polar surface area (TPSA) is 12.9 Å². The van der Waals surface area contributed by atoms with E-state index in [2.05, 4.69) is 74.5 Å². The summed E-state index contributed by atoms with van der Waals surface area (Å²) in [4.78, 5) is 4.74. The predicted octanol–water partition coefficient (Wildman–Crippen LogP) is 6.96. The first-order valence-electron chi connectivity index (χ1n) is 9.81. The van der Waals surface area contributed by atoms with Gasteiger partial charge in [-0.05, 0) is 54.2 Å². The molecule has 4 rings (SSSR count). The van der Waals surface area contributed by atoms with Crippen LogP contribution < -0.4 is 0 Å². The minimum atomic E-state index is 0.666. The van der Waals surface area contributed by atoms with Crippen LogP contribution in [0.5, 0.6) is 0 Å². The molecule has 1 heterocycles. The molecule has 0 radical (unpaired) electrons. The van der Waals surface area contributed by atoms with Gasteiger partial charge in [-0.2, -0.15) is 0 Å². The lowest BCUT2D eigenvalue weighted by molar-refractivity contribution is 0.269. The van der Waals surface area contributed by atoms with Crippen molar-refractivity contribution >= 4 is 0 Å². The molecule has 1 aliphatic carbocycles. The van der Waals surface area contributed by atoms with Crippen molar-refractivity contribution in [2.24, 2.45) is 11.8 Å². The Bertz CT molecular complexity index is 841. The van der Waals surface area contributed by atoms with Crippen LogP contribution in [0.1, 0.15) is 44.6 Å². The van der Waals surface area contributed by atoms with E-state index in [4.69, 9.17) is 4.98 Å². The molecular weight excluding hydrogens is 314 g/mol. The lowest BCUT2D eigenvalue weighted by atomic mass is 9.72. The van der Waals surface area contributed by atoms with E-state index in [1.165, 1.54) is 41.5 Å². The molecule has 26 heavy (non-hydrogen) atoms. The van der Waals surface area contributed by atoms with Crippen LogP contribution >= 0.6 is 0 Å². The molecule has 1 aromatic heterocycles. The summed E-state index contributed by atoms with van der Waals surface area (Å²) in [6.45, 7) is 4.81. The summed E-state index contributed by atoms with van der Waals surface area (Å²) in [7, 11) is 0. The summed E-state index contributed by atoms with van der Waals surface area (Å²) >= 11 is 0. The quantitative estimate of drug-likeness (QED) is 0.502. The van der Waals surface area contributed by atoms with E-state index in [0.29, 0.717) is 5.92 Å². The second kappa shape index (κ2) is 7.45. The van der Waals surface area contributed by atoms with Gasteiger partial charge in [-0.25, -0.2) is 0 Å². The molecule has 0 N–H and O–H groups in total. The first-order valence-corrected chi connectivity index (χ1v) is 9.81. The maximum Gasteiger partial charge on any atom is 0.0702 e. The SMILES string of the molecule is C[C@@H]1CC(c2ccccc2-c2ccc(-c3ccccc3)nc2)C[C@H](C)C1. The van der Waals surface area contributed by atoms with Crippen molar-refractivity contribution in [3.63, 3.8) is 0 Å². The molecule has 0 aliphatic heterocycles. The zero-order valence-electron chi connectivity index (χ0n) is 15.7. The van der Waals surface area contributed by atoms with Crippen molar-refractivity contribution in [3.05, 3.63) is 78.5 Å². The van der Waals surface area contributed by atoms with E-state index in [1.807, 2.05) is 12.3 Å². The average molecular weight is 341 g/mol. The largest absolute Gasteiger partial charge is 0.256 e. The number of rotatable bonds is 3. The fourth-order valence-corrected chi connectivity index (χ4v) is 4.65. The summed E-state index contributed by atoms with van der Waals surface area (Å²) in [6.07, 6.45) is 6.01. The first kappa shape index (κ1) is 17.0. The van der Waals surface area contributed by atoms with Gasteiger partial charge in [0, 0.05) is 17.3 Å². The molecule has 0 saturated heterocycles. The Morgan fingerprint density at radius 1 is 0.692 bits per heavy atom. The fraction of sp³-hybridized carbons (Fsp3) is 0.320. The molecular formula is C25H27N. The van der Waals surface area contributed by atoms with Crippen LogP contribution in [0, 0.1) is 11.8 Å². The first-order chi connectivity index (χ1) is 12.7. The lowest BCUT2D eigenvalue weighted by Gasteiger charge is -2.32. The monoisotopic (exact) mass is 341 g/mol. The Morgan fingerprint density at radius 3 is 2.08 bits per heavy atom. The van der Waals surface area contributed by atoms with E-state index in [0.717, 1.165) is 17.5 Å². The molecule has 1 unspecified atom stereocenters. The average Bonchev–Trinajstić information content (AvgIpc) is 2.68. The maximum atomic E-state index is 4.74. The molecule has 1 heteroatoms. The molecule has 0 amide bonds. The van der Waals surface area contributed by atoms with Crippen molar-refractivity contribution in [2.75, 3.05) is 0 Å². The highest BCUT2D eigenvalue weighted by atomic mass is 14.7. The van der Waals surface area contributed by atoms with E-state index in [9.17, 15) is 0 Å². The maximum absolute atomic E-state index is 4.74. The molecule has 3 aromatic rings. The van der Waals surface area contributed by atoms with Gasteiger partial charge in [-0.3, -0.25) is 4.98 Å². The Hall–Kier alpha value is -2.41. The third-order valence-electron chi connectivity index (χ3n) is 5.72. The molecule has 1 aliphatic rings. The van der Waals surface area contributed by atoms with Crippen LogP contribution in [0.15, 0.2) is 72.9 Å². The van der Waals surface area contributed by atoms with Crippen molar-refractivity contribution in [3.8, 4) is 22.4 Å². The standard InChI is InChI=1S/C25H27N/c1-18-14-19(2)16-22(15-18)24-11-7-6-10-23(24)21-12-13-25(26-17-21)20-8-4-3-5-9-20/h3-13,17-19,22H,14-16H2,1-2H3/t18-,19+,22?. The Labute approximate surface area is 157 Å². The van der Waals surface area contributed by atoms with Gasteiger partial charge in [0.25, 0.3) is 0 Å². The normalized spacial score (nSPS) is 22.9. The van der Waals surface area contributed by atoms with Gasteiger partial charge in [-0.15, -0.1) is 0 Å². The number of benzene rings is 2. The summed E-state index contributed by atoms with van der Waals surface area (Å²) in [5.41, 5.74) is 6.28. The van der Waals surface area contributed by atoms with Crippen LogP contribution in [0.4, 0.5) is 0 Å². The number of nitrogens with zero attached hydrogens (tertiary/aromatic N) is 1. The Balaban J connectivity index is 1.66. The van der Waals surface area contributed by atoms with Crippen LogP contribution in [0.25, 0.3) is 22.4 Å². The number of aromatic nitrogens is 1. The third-order valence-corrected chi connectivity index (χ3v) is 5.72. The van der Waals surface area contributed by atoms with Gasteiger partial charge in [-0.1, -0.05) is 74.5 Å². The lowest BCUT2D eigenvalue weighted by Crippen LogP contribution is -2.18. The van der Waals surface area contributed by atoms with E-state index in [-0.39, 0.29) is 0 Å². The van der Waals surface area contributed by atoms with Crippen molar-refractivity contribution in [1.29, 1.82) is 0 Å². The van der Waals surface area contributed by atoms with E-state index in [1.54, 1.807) is 0 Å². The zero-order valence-corrected chi connectivity index (χ0v) is 15.7. The van der Waals surface area contributed by atoms with Crippen LogP contribution in [-0.4, -0.2) is 4.98 Å². The fourth-order valence-electron chi connectivity index (χ4n) is 4.65. The van der Waals surface area contributed by atoms with Crippen LogP contribution in [0.2, 0.25) is 0 Å². The van der Waals surface area contributed by atoms with Crippen LogP contribution in [0.3, 0.4) is 0 Å². The summed E-state index contributed by atoms with van der Waals surface area (Å²) in [5, 5.41) is 0. The Morgan fingerprint density at radius 2 is 1.38 bits per heavy atom. The number of hydrogen-bond acceptors (Lipinski definition) is 1. The van der Waals surface area contributed by atoms with Gasteiger partial charge in [0.15, 0.2) is 0 Å². The van der Waals surface area contributed by atoms with E-state index < -0.39 is 0 Å². The molecule has 1 fully saturated rings. The zero-order chi connectivity index (χ0) is 17.9. The van der Waals surface area contributed by atoms with Crippen LogP contribution in [-0.2, 0) is 0 Å². The minimum absolute atomic E-state index is 0.666. The molecule has 1 nitrogen and oxygen atoms in total. The third kappa shape index (κ3) is 3.58. The molecule has 132 valence electrons. The number of hydrogen-bond donors (Lipinski definition) is 0. The van der Waals surface area contributed by atoms with Crippen molar-refractivity contribution in [2.45, 2.75) is 39.0 Å². The van der Waals surface area contributed by atoms with E-state index >= 15 is 0 Å². The molecule has 3 atom stereocenters. The highest BCUT2D eigenvalue weighted by molar-refractivity contribution is 5.70. The van der Waals surface area contributed by atoms with Gasteiger partial charge in [0.2, 0.25) is 0 Å². The van der Waals surface area contributed by atoms with Crippen molar-refractivity contribution in [1.82, 2.24) is 4.98 Å².